The van der Waals surface area contributed by atoms with Crippen LogP contribution in [0.2, 0.25) is 0 Å². The number of aromatic nitrogens is 2. The number of thiazole rings is 1. The first-order chi connectivity index (χ1) is 12.0. The van der Waals surface area contributed by atoms with Crippen LogP contribution in [0.15, 0.2) is 28.4 Å². The van der Waals surface area contributed by atoms with Crippen LogP contribution in [0.3, 0.4) is 0 Å². The smallest absolute Gasteiger partial charge is 0.307 e. The first-order valence-electron chi connectivity index (χ1n) is 8.65. The molecule has 1 fully saturated rings. The molecule has 25 heavy (non-hydrogen) atoms. The number of carbonyl (C=O) groups excluding carboxylic acids is 1. The fourth-order valence-electron chi connectivity index (χ4n) is 3.23. The number of carbonyl (C=O) groups is 1. The molecule has 1 aliphatic rings. The molecule has 0 aliphatic carbocycles. The molecule has 0 bridgehead atoms. The molecule has 1 amide bonds. The van der Waals surface area contributed by atoms with Crippen LogP contribution in [-0.2, 0) is 11.3 Å². The average molecular weight is 360 g/mol. The molecule has 1 atom stereocenters. The summed E-state index contributed by atoms with van der Waals surface area (Å²) < 4.78 is 1.81. The lowest BCUT2D eigenvalue weighted by Crippen LogP contribution is -2.42. The first-order valence-corrected chi connectivity index (χ1v) is 9.52. The number of likely N-dealkylation sites (tertiary alicyclic amines) is 1. The van der Waals surface area contributed by atoms with Crippen molar-refractivity contribution in [2.24, 2.45) is 5.92 Å². The summed E-state index contributed by atoms with van der Waals surface area (Å²) >= 11 is 1.24. The minimum absolute atomic E-state index is 0.0312. The number of piperidine rings is 1. The molecule has 1 unspecified atom stereocenters. The number of pyridine rings is 1. The third-order valence-corrected chi connectivity index (χ3v) is 5.51. The second kappa shape index (κ2) is 7.93. The maximum Gasteiger partial charge on any atom is 0.307 e. The Morgan fingerprint density at radius 3 is 2.92 bits per heavy atom. The topological polar surface area (TPSA) is 67.2 Å². The van der Waals surface area contributed by atoms with Crippen LogP contribution < -0.4 is 10.2 Å². The molecular formula is C18H24N4O2S. The number of hydrogen-bond acceptors (Lipinski definition) is 5. The lowest BCUT2D eigenvalue weighted by atomic mass is 9.97. The van der Waals surface area contributed by atoms with E-state index < -0.39 is 0 Å². The van der Waals surface area contributed by atoms with Gasteiger partial charge in [0, 0.05) is 36.4 Å². The third kappa shape index (κ3) is 4.55. The Kier molecular flexibility index (Phi) is 5.65. The molecule has 2 aromatic rings. The zero-order chi connectivity index (χ0) is 17.8. The van der Waals surface area contributed by atoms with E-state index in [1.165, 1.54) is 11.3 Å². The molecule has 3 heterocycles. The van der Waals surface area contributed by atoms with Crippen molar-refractivity contribution in [2.45, 2.75) is 33.2 Å². The first kappa shape index (κ1) is 17.8. The van der Waals surface area contributed by atoms with Crippen molar-refractivity contribution in [1.29, 1.82) is 0 Å². The average Bonchev–Trinajstić information content (AvgIpc) is 2.91. The predicted molar refractivity (Wildman–Crippen MR) is 100 cm³/mol. The largest absolute Gasteiger partial charge is 0.310 e. The van der Waals surface area contributed by atoms with E-state index in [-0.39, 0.29) is 16.7 Å². The van der Waals surface area contributed by atoms with Crippen LogP contribution in [0.5, 0.6) is 0 Å². The van der Waals surface area contributed by atoms with Crippen molar-refractivity contribution in [1.82, 2.24) is 14.5 Å². The van der Waals surface area contributed by atoms with Crippen molar-refractivity contribution in [2.75, 3.05) is 25.0 Å². The van der Waals surface area contributed by atoms with Gasteiger partial charge in [-0.05, 0) is 45.4 Å². The van der Waals surface area contributed by atoms with Gasteiger partial charge in [-0.1, -0.05) is 17.4 Å². The summed E-state index contributed by atoms with van der Waals surface area (Å²) in [6.45, 7) is 7.05. The lowest BCUT2D eigenvalue weighted by molar-refractivity contribution is -0.121. The van der Waals surface area contributed by atoms with Gasteiger partial charge >= 0.3 is 4.87 Å². The van der Waals surface area contributed by atoms with Gasteiger partial charge in [-0.2, -0.15) is 0 Å². The van der Waals surface area contributed by atoms with E-state index in [0.29, 0.717) is 12.4 Å². The van der Waals surface area contributed by atoms with E-state index in [2.05, 4.69) is 15.2 Å². The highest BCUT2D eigenvalue weighted by Gasteiger charge is 2.26. The van der Waals surface area contributed by atoms with Gasteiger partial charge in [0.05, 0.1) is 5.92 Å². The van der Waals surface area contributed by atoms with Crippen LogP contribution in [0.25, 0.3) is 0 Å². The van der Waals surface area contributed by atoms with Crippen LogP contribution in [-0.4, -0.2) is 40.0 Å². The Bertz CT molecular complexity index is 798. The Hall–Kier alpha value is -1.99. The molecule has 7 heteroatoms. The standard InChI is InChI=1S/C18H24N4O2S/c1-13-5-3-7-16(19-13)20-17(23)15-6-4-8-21(11-15)9-10-22-14(2)12-25-18(22)24/h3,5,7,12,15H,4,6,8-11H2,1-2H3,(H,19,20,23). The maximum atomic E-state index is 12.5. The number of aryl methyl sites for hydroxylation is 2. The highest BCUT2D eigenvalue weighted by Crippen LogP contribution is 2.18. The molecule has 1 saturated heterocycles. The number of rotatable bonds is 5. The molecule has 2 aromatic heterocycles. The predicted octanol–water partition coefficient (Wildman–Crippen LogP) is 2.27. The van der Waals surface area contributed by atoms with Gasteiger partial charge in [0.25, 0.3) is 0 Å². The summed E-state index contributed by atoms with van der Waals surface area (Å²) in [6, 6.07) is 5.62. The zero-order valence-corrected chi connectivity index (χ0v) is 15.5. The molecule has 0 radical (unpaired) electrons. The van der Waals surface area contributed by atoms with Crippen LogP contribution >= 0.6 is 11.3 Å². The summed E-state index contributed by atoms with van der Waals surface area (Å²) in [5.74, 6) is 0.616. The monoisotopic (exact) mass is 360 g/mol. The van der Waals surface area contributed by atoms with Gasteiger partial charge < -0.3 is 14.8 Å². The zero-order valence-electron chi connectivity index (χ0n) is 14.7. The molecule has 1 aliphatic heterocycles. The minimum atomic E-state index is -0.0312. The molecule has 3 rings (SSSR count). The second-order valence-corrected chi connectivity index (χ2v) is 7.41. The van der Waals surface area contributed by atoms with Crippen molar-refractivity contribution in [3.63, 3.8) is 0 Å². The Morgan fingerprint density at radius 2 is 2.20 bits per heavy atom. The Balaban J connectivity index is 1.55. The molecule has 0 aromatic carbocycles. The number of anilines is 1. The maximum absolute atomic E-state index is 12.5. The van der Waals surface area contributed by atoms with E-state index >= 15 is 0 Å². The van der Waals surface area contributed by atoms with Gasteiger partial charge in [-0.3, -0.25) is 9.59 Å². The van der Waals surface area contributed by atoms with Crippen LogP contribution in [0.4, 0.5) is 5.82 Å². The van der Waals surface area contributed by atoms with Gasteiger partial charge in [0.1, 0.15) is 5.82 Å². The lowest BCUT2D eigenvalue weighted by Gasteiger charge is -2.32. The summed E-state index contributed by atoms with van der Waals surface area (Å²) in [4.78, 5) is 31.0. The number of nitrogens with zero attached hydrogens (tertiary/aromatic N) is 3. The van der Waals surface area contributed by atoms with Crippen molar-refractivity contribution >= 4 is 23.1 Å². The van der Waals surface area contributed by atoms with Gasteiger partial charge in [0.2, 0.25) is 5.91 Å². The van der Waals surface area contributed by atoms with E-state index in [4.69, 9.17) is 0 Å². The fourth-order valence-corrected chi connectivity index (χ4v) is 3.99. The quantitative estimate of drug-likeness (QED) is 0.888. The summed E-state index contributed by atoms with van der Waals surface area (Å²) in [6.07, 6.45) is 1.89. The van der Waals surface area contributed by atoms with Crippen LogP contribution in [0, 0.1) is 19.8 Å². The molecule has 1 N–H and O–H groups in total. The minimum Gasteiger partial charge on any atom is -0.310 e. The van der Waals surface area contributed by atoms with E-state index in [1.807, 2.05) is 42.0 Å². The highest BCUT2D eigenvalue weighted by atomic mass is 32.1. The summed E-state index contributed by atoms with van der Waals surface area (Å²) in [5.41, 5.74) is 1.89. The molecular weight excluding hydrogens is 336 g/mol. The van der Waals surface area contributed by atoms with Gasteiger partial charge in [0.15, 0.2) is 0 Å². The summed E-state index contributed by atoms with van der Waals surface area (Å²) in [5, 5.41) is 4.82. The van der Waals surface area contributed by atoms with Crippen LogP contribution in [0.1, 0.15) is 24.2 Å². The van der Waals surface area contributed by atoms with E-state index in [9.17, 15) is 9.59 Å². The van der Waals surface area contributed by atoms with Gasteiger partial charge in [-0.15, -0.1) is 0 Å². The van der Waals surface area contributed by atoms with Gasteiger partial charge in [-0.25, -0.2) is 4.98 Å². The normalized spacial score (nSPS) is 18.2. The Labute approximate surface area is 151 Å². The summed E-state index contributed by atoms with van der Waals surface area (Å²) in [7, 11) is 0. The van der Waals surface area contributed by atoms with Crippen molar-refractivity contribution < 1.29 is 4.79 Å². The number of amides is 1. The number of nitrogens with one attached hydrogen (secondary N) is 1. The van der Waals surface area contributed by atoms with E-state index in [1.54, 1.807) is 0 Å². The third-order valence-electron chi connectivity index (χ3n) is 4.63. The molecule has 0 spiro atoms. The molecule has 0 saturated carbocycles. The molecule has 6 nitrogen and oxygen atoms in total. The molecule has 134 valence electrons. The van der Waals surface area contributed by atoms with E-state index in [0.717, 1.165) is 43.9 Å². The second-order valence-electron chi connectivity index (χ2n) is 6.59. The SMILES string of the molecule is Cc1cccc(NC(=O)C2CCCN(CCn3c(C)csc3=O)C2)n1. The highest BCUT2D eigenvalue weighted by molar-refractivity contribution is 7.07. The van der Waals surface area contributed by atoms with Crippen molar-refractivity contribution in [3.8, 4) is 0 Å². The number of hydrogen-bond donors (Lipinski definition) is 1. The Morgan fingerprint density at radius 1 is 1.36 bits per heavy atom. The van der Waals surface area contributed by atoms with Crippen molar-refractivity contribution in [3.05, 3.63) is 44.6 Å². The fraction of sp³-hybridized carbons (Fsp3) is 0.500.